The molecule has 3 aromatic rings. The second kappa shape index (κ2) is 13.3. The van der Waals surface area contributed by atoms with Crippen molar-refractivity contribution >= 4 is 35.5 Å². The lowest BCUT2D eigenvalue weighted by molar-refractivity contribution is -0.139. The first-order valence-corrected chi connectivity index (χ1v) is 13.3. The molecule has 0 fully saturated rings. The summed E-state index contributed by atoms with van der Waals surface area (Å²) in [7, 11) is 3.01. The van der Waals surface area contributed by atoms with Crippen LogP contribution in [0.1, 0.15) is 33.5 Å². The molecule has 12 heteroatoms. The molecule has 2 amide bonds. The number of methoxy groups -OCH3 is 2. The zero-order valence-electron chi connectivity index (χ0n) is 22.8. The van der Waals surface area contributed by atoms with Crippen LogP contribution in [0.15, 0.2) is 60.7 Å². The highest BCUT2D eigenvalue weighted by molar-refractivity contribution is 6.33. The van der Waals surface area contributed by atoms with Gasteiger partial charge in [0.2, 0.25) is 0 Å². The third-order valence-electron chi connectivity index (χ3n) is 6.88. The van der Waals surface area contributed by atoms with Crippen LogP contribution in [0.3, 0.4) is 0 Å². The molecule has 1 unspecified atom stereocenters. The van der Waals surface area contributed by atoms with Crippen LogP contribution in [0.2, 0.25) is 5.02 Å². The number of rotatable bonds is 10. The number of hydrogen-bond acceptors (Lipinski definition) is 7. The minimum Gasteiger partial charge on any atom is -0.493 e. The number of fused-ring (bicyclic) bond motifs is 1. The predicted octanol–water partition coefficient (Wildman–Crippen LogP) is 4.18. The molecule has 3 N–H and O–H groups in total. The molecule has 0 aromatic heterocycles. The fourth-order valence-electron chi connectivity index (χ4n) is 4.74. The van der Waals surface area contributed by atoms with Crippen molar-refractivity contribution < 1.29 is 43.6 Å². The Morgan fingerprint density at radius 1 is 0.976 bits per heavy atom. The number of nitrogens with one attached hydrogen (secondary N) is 1. The molecule has 0 radical (unpaired) electrons. The average Bonchev–Trinajstić information content (AvgIpc) is 2.96. The van der Waals surface area contributed by atoms with Gasteiger partial charge in [-0.3, -0.25) is 14.5 Å². The van der Waals surface area contributed by atoms with E-state index < -0.39 is 36.0 Å². The SMILES string of the molecule is COc1cc2c(cc1OC)CN(C(=O)Oc1ccc(C[C@H](NC(=O)c3ccccc3Cl)C(=O)O)cc1)C(CC(=O)O)C2. The van der Waals surface area contributed by atoms with Gasteiger partial charge >= 0.3 is 18.0 Å². The number of nitrogens with zero attached hydrogens (tertiary/aromatic N) is 1. The minimum atomic E-state index is -1.23. The van der Waals surface area contributed by atoms with E-state index in [1.807, 2.05) is 0 Å². The average molecular weight is 597 g/mol. The number of amides is 2. The van der Waals surface area contributed by atoms with Gasteiger partial charge in [-0.05, 0) is 59.5 Å². The van der Waals surface area contributed by atoms with Gasteiger partial charge in [-0.2, -0.15) is 0 Å². The van der Waals surface area contributed by atoms with Crippen LogP contribution in [0.25, 0.3) is 0 Å². The summed E-state index contributed by atoms with van der Waals surface area (Å²) in [6.45, 7) is 0.107. The molecule has 0 spiro atoms. The molecule has 0 bridgehead atoms. The van der Waals surface area contributed by atoms with Crippen LogP contribution in [-0.4, -0.2) is 65.4 Å². The molecule has 2 atom stereocenters. The fraction of sp³-hybridized carbons (Fsp3) is 0.267. The second-order valence-corrected chi connectivity index (χ2v) is 10.0. The topological polar surface area (TPSA) is 152 Å². The number of halogens is 1. The monoisotopic (exact) mass is 596 g/mol. The summed E-state index contributed by atoms with van der Waals surface area (Å²) < 4.78 is 16.3. The van der Waals surface area contributed by atoms with Crippen molar-refractivity contribution in [2.24, 2.45) is 0 Å². The van der Waals surface area contributed by atoms with Crippen molar-refractivity contribution in [1.82, 2.24) is 10.2 Å². The lowest BCUT2D eigenvalue weighted by Gasteiger charge is -2.35. The Kier molecular flexibility index (Phi) is 9.53. The molecule has 3 aromatic carbocycles. The fourth-order valence-corrected chi connectivity index (χ4v) is 4.97. The first kappa shape index (κ1) is 30.2. The van der Waals surface area contributed by atoms with Gasteiger partial charge in [0.1, 0.15) is 11.8 Å². The first-order chi connectivity index (χ1) is 20.1. The van der Waals surface area contributed by atoms with Crippen molar-refractivity contribution in [2.75, 3.05) is 14.2 Å². The van der Waals surface area contributed by atoms with Crippen LogP contribution in [0.4, 0.5) is 4.79 Å². The highest BCUT2D eigenvalue weighted by Crippen LogP contribution is 2.35. The summed E-state index contributed by atoms with van der Waals surface area (Å²) in [5.41, 5.74) is 2.35. The standard InChI is InChI=1S/C30H29ClN2O9/c1-40-25-13-18-12-20(15-27(34)35)33(16-19(18)14-26(25)41-2)30(39)42-21-9-7-17(8-10-21)11-24(29(37)38)32-28(36)22-5-3-4-6-23(22)31/h3-10,13-14,20,24H,11-12,15-16H2,1-2H3,(H,32,36)(H,34,35)(H,37,38)/t20?,24-/m0/s1. The Labute approximate surface area is 246 Å². The van der Waals surface area contributed by atoms with Crippen molar-refractivity contribution in [1.29, 1.82) is 0 Å². The largest absolute Gasteiger partial charge is 0.493 e. The molecule has 220 valence electrons. The van der Waals surface area contributed by atoms with Crippen LogP contribution < -0.4 is 19.5 Å². The number of benzene rings is 3. The highest BCUT2D eigenvalue weighted by atomic mass is 35.5. The number of aliphatic carboxylic acids is 2. The van der Waals surface area contributed by atoms with E-state index in [0.717, 1.165) is 11.1 Å². The highest BCUT2D eigenvalue weighted by Gasteiger charge is 2.33. The summed E-state index contributed by atoms with van der Waals surface area (Å²) in [6, 6.07) is 14.1. The van der Waals surface area contributed by atoms with E-state index in [1.54, 1.807) is 36.4 Å². The number of carboxylic acid groups (broad SMARTS) is 2. The van der Waals surface area contributed by atoms with E-state index in [0.29, 0.717) is 17.1 Å². The van der Waals surface area contributed by atoms with Gasteiger partial charge in [-0.25, -0.2) is 9.59 Å². The molecular formula is C30H29ClN2O9. The Hall–Kier alpha value is -4.77. The van der Waals surface area contributed by atoms with Crippen LogP contribution in [0.5, 0.6) is 17.2 Å². The van der Waals surface area contributed by atoms with Gasteiger partial charge < -0.3 is 29.7 Å². The minimum absolute atomic E-state index is 0.0331. The molecule has 11 nitrogen and oxygen atoms in total. The Bertz CT molecular complexity index is 1490. The van der Waals surface area contributed by atoms with Crippen LogP contribution >= 0.6 is 11.6 Å². The maximum atomic E-state index is 13.2. The van der Waals surface area contributed by atoms with Crippen molar-refractivity contribution in [3.05, 3.63) is 87.9 Å². The Morgan fingerprint density at radius 3 is 2.21 bits per heavy atom. The smallest absolute Gasteiger partial charge is 0.415 e. The van der Waals surface area contributed by atoms with E-state index >= 15 is 0 Å². The third-order valence-corrected chi connectivity index (χ3v) is 7.21. The van der Waals surface area contributed by atoms with Gasteiger partial charge in [0.25, 0.3) is 5.91 Å². The molecule has 0 saturated heterocycles. The van der Waals surface area contributed by atoms with Gasteiger partial charge in [-0.15, -0.1) is 0 Å². The number of carbonyl (C=O) groups excluding carboxylic acids is 2. The molecule has 4 rings (SSSR count). The van der Waals surface area contributed by atoms with E-state index in [-0.39, 0.29) is 42.1 Å². The van der Waals surface area contributed by atoms with Crippen molar-refractivity contribution in [3.8, 4) is 17.2 Å². The molecule has 42 heavy (non-hydrogen) atoms. The van der Waals surface area contributed by atoms with E-state index in [9.17, 15) is 29.4 Å². The Balaban J connectivity index is 1.45. The quantitative estimate of drug-likeness (QED) is 0.313. The number of hydrogen-bond donors (Lipinski definition) is 3. The van der Waals surface area contributed by atoms with Gasteiger partial charge in [0.05, 0.1) is 31.2 Å². The zero-order valence-corrected chi connectivity index (χ0v) is 23.6. The number of carbonyl (C=O) groups is 4. The lowest BCUT2D eigenvalue weighted by Crippen LogP contribution is -2.46. The number of ether oxygens (including phenoxy) is 3. The molecule has 0 saturated carbocycles. The summed E-state index contributed by atoms with van der Waals surface area (Å²) in [5.74, 6) is -1.72. The summed E-state index contributed by atoms with van der Waals surface area (Å²) in [5, 5.41) is 21.8. The van der Waals surface area contributed by atoms with E-state index in [4.69, 9.17) is 25.8 Å². The summed E-state index contributed by atoms with van der Waals surface area (Å²) >= 11 is 6.05. The van der Waals surface area contributed by atoms with Crippen LogP contribution in [0, 0.1) is 0 Å². The van der Waals surface area contributed by atoms with Crippen molar-refractivity contribution in [2.45, 2.75) is 37.9 Å². The van der Waals surface area contributed by atoms with Crippen LogP contribution in [-0.2, 0) is 29.0 Å². The number of carboxylic acids is 2. The van der Waals surface area contributed by atoms with Crippen molar-refractivity contribution in [3.63, 3.8) is 0 Å². The molecule has 1 heterocycles. The molecule has 1 aliphatic heterocycles. The Morgan fingerprint density at radius 2 is 1.62 bits per heavy atom. The molecule has 1 aliphatic rings. The molecular weight excluding hydrogens is 568 g/mol. The maximum Gasteiger partial charge on any atom is 0.415 e. The van der Waals surface area contributed by atoms with Gasteiger partial charge in [0, 0.05) is 19.0 Å². The zero-order chi connectivity index (χ0) is 30.4. The van der Waals surface area contributed by atoms with Gasteiger partial charge in [-0.1, -0.05) is 35.9 Å². The lowest BCUT2D eigenvalue weighted by atomic mass is 9.92. The van der Waals surface area contributed by atoms with Gasteiger partial charge in [0.15, 0.2) is 11.5 Å². The summed E-state index contributed by atoms with van der Waals surface area (Å²) in [4.78, 5) is 50.5. The first-order valence-electron chi connectivity index (χ1n) is 12.9. The third kappa shape index (κ3) is 7.10. The predicted molar refractivity (Wildman–Crippen MR) is 151 cm³/mol. The maximum absolute atomic E-state index is 13.2. The van der Waals surface area contributed by atoms with E-state index in [2.05, 4.69) is 5.32 Å². The summed E-state index contributed by atoms with van der Waals surface area (Å²) in [6.07, 6.45) is -0.760. The second-order valence-electron chi connectivity index (χ2n) is 9.62. The molecule has 0 aliphatic carbocycles. The van der Waals surface area contributed by atoms with E-state index in [1.165, 1.54) is 43.4 Å². The normalized spacial score (nSPS) is 14.7.